The van der Waals surface area contributed by atoms with Crippen molar-refractivity contribution in [3.05, 3.63) is 86.0 Å². The molecule has 0 aliphatic heterocycles. The van der Waals surface area contributed by atoms with Crippen LogP contribution in [0.4, 0.5) is 0 Å². The van der Waals surface area contributed by atoms with Crippen molar-refractivity contribution in [2.45, 2.75) is 51.2 Å². The normalized spacial score (nSPS) is 13.1. The lowest BCUT2D eigenvalue weighted by molar-refractivity contribution is -0.127. The fourth-order valence-electron chi connectivity index (χ4n) is 4.73. The van der Waals surface area contributed by atoms with Gasteiger partial charge in [0.15, 0.2) is 5.16 Å². The second-order valence-corrected chi connectivity index (χ2v) is 11.3. The molecule has 2 aromatic carbocycles. The zero-order chi connectivity index (χ0) is 24.5. The Bertz CT molecular complexity index is 1460. The van der Waals surface area contributed by atoms with Gasteiger partial charge in [0, 0.05) is 18.5 Å². The van der Waals surface area contributed by atoms with E-state index in [4.69, 9.17) is 4.98 Å². The Balaban J connectivity index is 1.52. The highest BCUT2D eigenvalue weighted by atomic mass is 32.2. The van der Waals surface area contributed by atoms with E-state index in [9.17, 15) is 9.59 Å². The van der Waals surface area contributed by atoms with Crippen LogP contribution in [-0.2, 0) is 24.2 Å². The summed E-state index contributed by atoms with van der Waals surface area (Å²) in [6, 6.07) is 16.1. The maximum atomic E-state index is 14.0. The predicted molar refractivity (Wildman–Crippen MR) is 145 cm³/mol. The average Bonchev–Trinajstić information content (AvgIpc) is 3.22. The first-order chi connectivity index (χ1) is 16.9. The van der Waals surface area contributed by atoms with Crippen molar-refractivity contribution in [2.75, 3.05) is 12.8 Å². The lowest BCUT2D eigenvalue weighted by Crippen LogP contribution is -2.28. The van der Waals surface area contributed by atoms with Gasteiger partial charge in [-0.1, -0.05) is 59.8 Å². The number of carbonyl (C=O) groups is 1. The van der Waals surface area contributed by atoms with Crippen LogP contribution in [0.25, 0.3) is 15.9 Å². The summed E-state index contributed by atoms with van der Waals surface area (Å²) in [4.78, 5) is 35.7. The second-order valence-electron chi connectivity index (χ2n) is 9.24. The number of hydrogen-bond donors (Lipinski definition) is 0. The molecular formula is C28H29N3O2S2. The molecule has 35 heavy (non-hydrogen) atoms. The van der Waals surface area contributed by atoms with Crippen molar-refractivity contribution in [3.63, 3.8) is 0 Å². The predicted octanol–water partition coefficient (Wildman–Crippen LogP) is 5.69. The fourth-order valence-corrected chi connectivity index (χ4v) is 6.98. The van der Waals surface area contributed by atoms with E-state index in [-0.39, 0.29) is 17.2 Å². The first-order valence-corrected chi connectivity index (χ1v) is 13.8. The van der Waals surface area contributed by atoms with Crippen LogP contribution >= 0.6 is 23.1 Å². The molecule has 0 spiro atoms. The first kappa shape index (κ1) is 23.8. The number of fused-ring (bicyclic) bond motifs is 3. The third-order valence-corrected chi connectivity index (χ3v) is 8.67. The highest BCUT2D eigenvalue weighted by Gasteiger charge is 2.24. The standard InChI is InChI=1S/C28H29N3O2S2/c1-18-13-14-22(19(2)15-18)31-27(33)25-21-11-7-8-12-23(21)35-26(25)29-28(31)34-17-24(32)30(3)16-20-9-5-4-6-10-20/h4-6,9-10,13-15H,7-8,11-12,16-17H2,1-3H3. The van der Waals surface area contributed by atoms with Crippen molar-refractivity contribution in [2.24, 2.45) is 0 Å². The summed E-state index contributed by atoms with van der Waals surface area (Å²) >= 11 is 2.99. The molecular weight excluding hydrogens is 474 g/mol. The monoisotopic (exact) mass is 503 g/mol. The van der Waals surface area contributed by atoms with Gasteiger partial charge in [-0.25, -0.2) is 4.98 Å². The van der Waals surface area contributed by atoms with Gasteiger partial charge in [-0.3, -0.25) is 14.2 Å². The fraction of sp³-hybridized carbons (Fsp3) is 0.321. The lowest BCUT2D eigenvalue weighted by atomic mass is 9.97. The number of nitrogens with zero attached hydrogens (tertiary/aromatic N) is 3. The molecule has 7 heteroatoms. The summed E-state index contributed by atoms with van der Waals surface area (Å²) in [5.74, 6) is 0.225. The van der Waals surface area contributed by atoms with Crippen molar-refractivity contribution in [1.29, 1.82) is 0 Å². The maximum Gasteiger partial charge on any atom is 0.267 e. The Kier molecular flexibility index (Phi) is 6.80. The molecule has 0 atom stereocenters. The Labute approximate surface area is 213 Å². The van der Waals surface area contributed by atoms with E-state index in [0.29, 0.717) is 11.7 Å². The van der Waals surface area contributed by atoms with Crippen LogP contribution in [-0.4, -0.2) is 33.2 Å². The molecule has 4 aromatic rings. The molecule has 0 saturated heterocycles. The van der Waals surface area contributed by atoms with Gasteiger partial charge in [0.2, 0.25) is 5.91 Å². The number of hydrogen-bond acceptors (Lipinski definition) is 5. The van der Waals surface area contributed by atoms with Gasteiger partial charge in [0.25, 0.3) is 5.56 Å². The summed E-state index contributed by atoms with van der Waals surface area (Å²) < 4.78 is 1.73. The number of aryl methyl sites for hydroxylation is 4. The van der Waals surface area contributed by atoms with Crippen LogP contribution < -0.4 is 5.56 Å². The smallest absolute Gasteiger partial charge is 0.267 e. The number of thioether (sulfide) groups is 1. The van der Waals surface area contributed by atoms with E-state index < -0.39 is 0 Å². The summed E-state index contributed by atoms with van der Waals surface area (Å²) in [5.41, 5.74) is 5.25. The molecule has 0 saturated carbocycles. The molecule has 180 valence electrons. The molecule has 2 heterocycles. The number of carbonyl (C=O) groups excluding carboxylic acids is 1. The van der Waals surface area contributed by atoms with Gasteiger partial charge in [0.05, 0.1) is 16.8 Å². The van der Waals surface area contributed by atoms with Gasteiger partial charge in [-0.15, -0.1) is 11.3 Å². The summed E-state index contributed by atoms with van der Waals surface area (Å²) in [6.45, 7) is 4.62. The Morgan fingerprint density at radius 2 is 1.89 bits per heavy atom. The number of aromatic nitrogens is 2. The number of rotatable bonds is 6. The van der Waals surface area contributed by atoms with Gasteiger partial charge in [-0.2, -0.15) is 0 Å². The minimum absolute atomic E-state index is 0.00542. The lowest BCUT2D eigenvalue weighted by Gasteiger charge is -2.18. The molecule has 5 nitrogen and oxygen atoms in total. The quantitative estimate of drug-likeness (QED) is 0.250. The van der Waals surface area contributed by atoms with Gasteiger partial charge in [-0.05, 0) is 62.3 Å². The van der Waals surface area contributed by atoms with E-state index in [1.165, 1.54) is 22.2 Å². The third-order valence-electron chi connectivity index (χ3n) is 6.56. The third kappa shape index (κ3) is 4.80. The largest absolute Gasteiger partial charge is 0.341 e. The topological polar surface area (TPSA) is 55.2 Å². The number of thiophene rings is 1. The maximum absolute atomic E-state index is 14.0. The minimum atomic E-state index is -0.0195. The summed E-state index contributed by atoms with van der Waals surface area (Å²) in [6.07, 6.45) is 4.23. The van der Waals surface area contributed by atoms with Crippen molar-refractivity contribution in [1.82, 2.24) is 14.5 Å². The molecule has 1 amide bonds. The van der Waals surface area contributed by atoms with Crippen LogP contribution in [0.1, 0.15) is 40.0 Å². The molecule has 5 rings (SSSR count). The van der Waals surface area contributed by atoms with Crippen molar-refractivity contribution in [3.8, 4) is 5.69 Å². The molecule has 2 aromatic heterocycles. The van der Waals surface area contributed by atoms with E-state index in [2.05, 4.69) is 6.07 Å². The minimum Gasteiger partial charge on any atom is -0.341 e. The van der Waals surface area contributed by atoms with E-state index in [1.807, 2.05) is 63.4 Å². The number of amides is 1. The van der Waals surface area contributed by atoms with E-state index in [0.717, 1.165) is 58.3 Å². The Morgan fingerprint density at radius 3 is 2.66 bits per heavy atom. The molecule has 1 aliphatic rings. The highest BCUT2D eigenvalue weighted by molar-refractivity contribution is 7.99. The molecule has 0 unspecified atom stereocenters. The second kappa shape index (κ2) is 9.99. The van der Waals surface area contributed by atoms with Crippen LogP contribution in [0.5, 0.6) is 0 Å². The highest BCUT2D eigenvalue weighted by Crippen LogP contribution is 2.35. The van der Waals surface area contributed by atoms with Crippen LogP contribution in [0, 0.1) is 13.8 Å². The molecule has 1 aliphatic carbocycles. The van der Waals surface area contributed by atoms with Gasteiger partial charge >= 0.3 is 0 Å². The Morgan fingerprint density at radius 1 is 1.11 bits per heavy atom. The summed E-state index contributed by atoms with van der Waals surface area (Å²) in [7, 11) is 1.82. The average molecular weight is 504 g/mol. The van der Waals surface area contributed by atoms with Crippen LogP contribution in [0.2, 0.25) is 0 Å². The van der Waals surface area contributed by atoms with Crippen LogP contribution in [0.3, 0.4) is 0 Å². The first-order valence-electron chi connectivity index (χ1n) is 12.0. The molecule has 0 radical (unpaired) electrons. The van der Waals surface area contributed by atoms with E-state index in [1.54, 1.807) is 20.8 Å². The van der Waals surface area contributed by atoms with Crippen molar-refractivity contribution < 1.29 is 4.79 Å². The Hall–Kier alpha value is -2.90. The van der Waals surface area contributed by atoms with Crippen molar-refractivity contribution >= 4 is 39.2 Å². The zero-order valence-corrected chi connectivity index (χ0v) is 22.0. The van der Waals surface area contributed by atoms with Gasteiger partial charge in [0.1, 0.15) is 4.83 Å². The van der Waals surface area contributed by atoms with E-state index >= 15 is 0 Å². The zero-order valence-electron chi connectivity index (χ0n) is 20.3. The SMILES string of the molecule is Cc1ccc(-n2c(SCC(=O)N(C)Cc3ccccc3)nc3sc4c(c3c2=O)CCCC4)c(C)c1. The van der Waals surface area contributed by atoms with Gasteiger partial charge < -0.3 is 4.90 Å². The molecule has 0 bridgehead atoms. The summed E-state index contributed by atoms with van der Waals surface area (Å²) in [5, 5.41) is 1.34. The van der Waals surface area contributed by atoms with Crippen LogP contribution in [0.15, 0.2) is 58.5 Å². The molecule has 0 fully saturated rings. The number of benzene rings is 2. The molecule has 0 N–H and O–H groups in total.